The number of non-ortho nitro benzene ring substituents is 1. The van der Waals surface area contributed by atoms with Crippen molar-refractivity contribution in [1.82, 2.24) is 0 Å². The smallest absolute Gasteiger partial charge is 0.270 e. The molecule has 0 bridgehead atoms. The van der Waals surface area contributed by atoms with E-state index in [0.29, 0.717) is 14.8 Å². The van der Waals surface area contributed by atoms with Gasteiger partial charge in [0.05, 0.1) is 16.6 Å². The summed E-state index contributed by atoms with van der Waals surface area (Å²) in [7, 11) is 1.62. The number of nitrogens with one attached hydrogen (secondary N) is 1. The number of carbonyl (C=O) groups is 1. The summed E-state index contributed by atoms with van der Waals surface area (Å²) in [5, 5.41) is 13.5. The molecule has 0 radical (unpaired) electrons. The van der Waals surface area contributed by atoms with E-state index in [1.807, 2.05) is 47.7 Å². The third kappa shape index (κ3) is 4.26. The number of anilines is 1. The Hall–Kier alpha value is -2.00. The molecule has 1 atom stereocenters. The molecule has 2 rings (SSSR count). The Kier molecular flexibility index (Phi) is 5.67. The van der Waals surface area contributed by atoms with Crippen molar-refractivity contribution >= 4 is 39.9 Å². The second kappa shape index (κ2) is 7.51. The second-order valence-corrected chi connectivity index (χ2v) is 6.04. The first-order chi connectivity index (χ1) is 10.9. The molecule has 2 aromatic rings. The molecule has 1 amide bonds. The minimum absolute atomic E-state index is 0.0399. The zero-order valence-electron chi connectivity index (χ0n) is 12.6. The lowest BCUT2D eigenvalue weighted by atomic mass is 10.1. The van der Waals surface area contributed by atoms with Gasteiger partial charge in [-0.15, -0.1) is 0 Å². The van der Waals surface area contributed by atoms with Crippen molar-refractivity contribution < 1.29 is 14.5 Å². The van der Waals surface area contributed by atoms with Gasteiger partial charge in [-0.2, -0.15) is 0 Å². The molecule has 0 aromatic heterocycles. The molecule has 0 fully saturated rings. The van der Waals surface area contributed by atoms with Gasteiger partial charge in [-0.25, -0.2) is 0 Å². The molecule has 1 N–H and O–H groups in total. The van der Waals surface area contributed by atoms with Crippen molar-refractivity contribution in [3.8, 4) is 0 Å². The summed E-state index contributed by atoms with van der Waals surface area (Å²) >= 11 is 1.92. The summed E-state index contributed by atoms with van der Waals surface area (Å²) in [4.78, 5) is 22.6. The number of ether oxygens (including phenoxy) is 1. The highest BCUT2D eigenvalue weighted by molar-refractivity contribution is 14.1. The first-order valence-corrected chi connectivity index (χ1v) is 7.88. The molecule has 1 unspecified atom stereocenters. The van der Waals surface area contributed by atoms with E-state index in [-0.39, 0.29) is 17.7 Å². The summed E-state index contributed by atoms with van der Waals surface area (Å²) in [6.07, 6.45) is -0.0774. The Balaban J connectivity index is 2.21. The second-order valence-electron chi connectivity index (χ2n) is 4.88. The van der Waals surface area contributed by atoms with Gasteiger partial charge in [-0.05, 0) is 53.3 Å². The fraction of sp³-hybridized carbons (Fsp3) is 0.188. The van der Waals surface area contributed by atoms with Crippen LogP contribution < -0.4 is 5.32 Å². The average Bonchev–Trinajstić information content (AvgIpc) is 2.53. The minimum Gasteiger partial charge on any atom is -0.377 e. The maximum atomic E-state index is 12.3. The first kappa shape index (κ1) is 17.4. The molecule has 2 aromatic carbocycles. The van der Waals surface area contributed by atoms with Crippen LogP contribution >= 0.6 is 22.6 Å². The van der Waals surface area contributed by atoms with E-state index in [4.69, 9.17) is 4.74 Å². The van der Waals surface area contributed by atoms with Crippen LogP contribution in [0.2, 0.25) is 0 Å². The van der Waals surface area contributed by atoms with Crippen LogP contribution in [-0.4, -0.2) is 17.9 Å². The largest absolute Gasteiger partial charge is 0.377 e. The lowest BCUT2D eigenvalue weighted by Gasteiger charge is -2.12. The number of rotatable bonds is 5. The normalized spacial score (nSPS) is 11.8. The molecule has 0 aliphatic rings. The Morgan fingerprint density at radius 2 is 2.04 bits per heavy atom. The molecular weight excluding hydrogens is 411 g/mol. The van der Waals surface area contributed by atoms with E-state index in [9.17, 15) is 14.9 Å². The van der Waals surface area contributed by atoms with Gasteiger partial charge >= 0.3 is 0 Å². The van der Waals surface area contributed by atoms with Crippen LogP contribution in [0.3, 0.4) is 0 Å². The van der Waals surface area contributed by atoms with Crippen LogP contribution in [0.15, 0.2) is 42.5 Å². The predicted octanol–water partition coefficient (Wildman–Crippen LogP) is 4.16. The quantitative estimate of drug-likeness (QED) is 0.442. The number of benzene rings is 2. The molecule has 0 saturated heterocycles. The molecule has 0 aliphatic heterocycles. The van der Waals surface area contributed by atoms with Gasteiger partial charge in [0.2, 0.25) is 0 Å². The van der Waals surface area contributed by atoms with Gasteiger partial charge in [0.25, 0.3) is 11.6 Å². The minimum atomic E-state index is -0.487. The number of nitrogens with zero attached hydrogens (tertiary/aromatic N) is 1. The third-order valence-electron chi connectivity index (χ3n) is 3.38. The lowest BCUT2D eigenvalue weighted by molar-refractivity contribution is -0.384. The number of nitro groups is 1. The van der Waals surface area contributed by atoms with E-state index in [0.717, 1.165) is 5.56 Å². The summed E-state index contributed by atoms with van der Waals surface area (Å²) in [5.74, 6) is -0.313. The van der Waals surface area contributed by atoms with E-state index in [2.05, 4.69) is 5.32 Å². The van der Waals surface area contributed by atoms with E-state index in [1.54, 1.807) is 13.2 Å². The highest BCUT2D eigenvalue weighted by atomic mass is 127. The maximum Gasteiger partial charge on any atom is 0.270 e. The van der Waals surface area contributed by atoms with Crippen molar-refractivity contribution in [3.05, 3.63) is 67.3 Å². The predicted molar refractivity (Wildman–Crippen MR) is 95.6 cm³/mol. The molecule has 6 nitrogen and oxygen atoms in total. The van der Waals surface area contributed by atoms with Gasteiger partial charge in [-0.1, -0.05) is 12.1 Å². The zero-order chi connectivity index (χ0) is 17.0. The van der Waals surface area contributed by atoms with Crippen LogP contribution in [0.5, 0.6) is 0 Å². The highest BCUT2D eigenvalue weighted by Gasteiger charge is 2.15. The Bertz CT molecular complexity index is 749. The number of nitro benzene ring substituents is 1. The fourth-order valence-corrected chi connectivity index (χ4v) is 2.75. The molecule has 0 saturated carbocycles. The number of hydrogen-bond acceptors (Lipinski definition) is 4. The molecule has 0 aliphatic carbocycles. The van der Waals surface area contributed by atoms with Crippen molar-refractivity contribution in [1.29, 1.82) is 0 Å². The van der Waals surface area contributed by atoms with Gasteiger partial charge in [0.15, 0.2) is 0 Å². The first-order valence-electron chi connectivity index (χ1n) is 6.80. The van der Waals surface area contributed by atoms with Crippen LogP contribution in [0.25, 0.3) is 0 Å². The standard InChI is InChI=1S/C16H15IN2O4/c1-10(23-2)11-4-3-5-12(8-11)18-16(20)14-7-6-13(19(21)22)9-15(14)17/h3-10H,1-2H3,(H,18,20). The van der Waals surface area contributed by atoms with Crippen LogP contribution in [-0.2, 0) is 4.74 Å². The van der Waals surface area contributed by atoms with E-state index in [1.165, 1.54) is 18.2 Å². The Labute approximate surface area is 147 Å². The van der Waals surface area contributed by atoms with Gasteiger partial charge in [0, 0.05) is 28.5 Å². The van der Waals surface area contributed by atoms with Gasteiger partial charge in [0.1, 0.15) is 0 Å². The Morgan fingerprint density at radius 1 is 1.30 bits per heavy atom. The molecule has 23 heavy (non-hydrogen) atoms. The number of hydrogen-bond donors (Lipinski definition) is 1. The number of carbonyl (C=O) groups excluding carboxylic acids is 1. The third-order valence-corrected chi connectivity index (χ3v) is 4.27. The molecule has 7 heteroatoms. The maximum absolute atomic E-state index is 12.3. The SMILES string of the molecule is COC(C)c1cccc(NC(=O)c2ccc([N+](=O)[O-])cc2I)c1. The topological polar surface area (TPSA) is 81.5 Å². The van der Waals surface area contributed by atoms with Crippen molar-refractivity contribution in [2.24, 2.45) is 0 Å². The summed E-state index contributed by atoms with van der Waals surface area (Å²) in [6.45, 7) is 1.92. The number of methoxy groups -OCH3 is 1. The summed E-state index contributed by atoms with van der Waals surface area (Å²) in [6, 6.07) is 11.5. The number of amides is 1. The monoisotopic (exact) mass is 426 g/mol. The Morgan fingerprint density at radius 3 is 2.65 bits per heavy atom. The highest BCUT2D eigenvalue weighted by Crippen LogP contribution is 2.23. The van der Waals surface area contributed by atoms with Crippen molar-refractivity contribution in [2.75, 3.05) is 12.4 Å². The molecule has 120 valence electrons. The lowest BCUT2D eigenvalue weighted by Crippen LogP contribution is -2.14. The zero-order valence-corrected chi connectivity index (χ0v) is 14.7. The molecular formula is C16H15IN2O4. The van der Waals surface area contributed by atoms with Crippen molar-refractivity contribution in [2.45, 2.75) is 13.0 Å². The van der Waals surface area contributed by atoms with Crippen LogP contribution in [0.1, 0.15) is 28.9 Å². The van der Waals surface area contributed by atoms with Gasteiger partial charge < -0.3 is 10.1 Å². The van der Waals surface area contributed by atoms with Gasteiger partial charge in [-0.3, -0.25) is 14.9 Å². The van der Waals surface area contributed by atoms with E-state index >= 15 is 0 Å². The average molecular weight is 426 g/mol. The van der Waals surface area contributed by atoms with E-state index < -0.39 is 4.92 Å². The fourth-order valence-electron chi connectivity index (χ4n) is 2.01. The molecule has 0 spiro atoms. The summed E-state index contributed by atoms with van der Waals surface area (Å²) in [5.41, 5.74) is 1.94. The van der Waals surface area contributed by atoms with Crippen molar-refractivity contribution in [3.63, 3.8) is 0 Å². The van der Waals surface area contributed by atoms with Crippen LogP contribution in [0.4, 0.5) is 11.4 Å². The number of halogens is 1. The van der Waals surface area contributed by atoms with Crippen LogP contribution in [0, 0.1) is 13.7 Å². The molecule has 0 heterocycles. The summed E-state index contributed by atoms with van der Waals surface area (Å²) < 4.78 is 5.78.